The lowest BCUT2D eigenvalue weighted by Crippen LogP contribution is -2.38. The van der Waals surface area contributed by atoms with Crippen LogP contribution >= 0.6 is 0 Å². The molecule has 1 aliphatic heterocycles. The summed E-state index contributed by atoms with van der Waals surface area (Å²) < 4.78 is 5.30. The molecule has 0 radical (unpaired) electrons. The van der Waals surface area contributed by atoms with Gasteiger partial charge in [0, 0.05) is 19.2 Å². The standard InChI is InChI=1S/C13H18N2O2/c14-11(10-5-2-1-3-6-10)9-15-13(16)12-7-4-8-17-12/h1-3,5-6,11-12H,4,7-9,14H2,(H,15,16). The minimum Gasteiger partial charge on any atom is -0.368 e. The van der Waals surface area contributed by atoms with E-state index in [2.05, 4.69) is 5.32 Å². The number of amides is 1. The van der Waals surface area contributed by atoms with Crippen LogP contribution in [0.4, 0.5) is 0 Å². The lowest BCUT2D eigenvalue weighted by Gasteiger charge is -2.15. The van der Waals surface area contributed by atoms with Gasteiger partial charge in [-0.1, -0.05) is 30.3 Å². The van der Waals surface area contributed by atoms with Gasteiger partial charge in [0.15, 0.2) is 0 Å². The van der Waals surface area contributed by atoms with Crippen LogP contribution in [0.3, 0.4) is 0 Å². The zero-order valence-corrected chi connectivity index (χ0v) is 9.76. The van der Waals surface area contributed by atoms with Crippen molar-refractivity contribution in [3.63, 3.8) is 0 Å². The predicted molar refractivity (Wildman–Crippen MR) is 65.4 cm³/mol. The molecule has 1 aromatic rings. The van der Waals surface area contributed by atoms with Crippen molar-refractivity contribution >= 4 is 5.91 Å². The molecule has 0 bridgehead atoms. The summed E-state index contributed by atoms with van der Waals surface area (Å²) in [4.78, 5) is 11.7. The fourth-order valence-corrected chi connectivity index (χ4v) is 1.93. The SMILES string of the molecule is NC(CNC(=O)C1CCCO1)c1ccccc1. The number of carbonyl (C=O) groups is 1. The van der Waals surface area contributed by atoms with Crippen LogP contribution in [-0.4, -0.2) is 25.2 Å². The first-order valence-corrected chi connectivity index (χ1v) is 5.97. The summed E-state index contributed by atoms with van der Waals surface area (Å²) in [6.07, 6.45) is 1.49. The molecular weight excluding hydrogens is 216 g/mol. The van der Waals surface area contributed by atoms with E-state index in [1.165, 1.54) is 0 Å². The van der Waals surface area contributed by atoms with Gasteiger partial charge in [-0.05, 0) is 18.4 Å². The maximum Gasteiger partial charge on any atom is 0.249 e. The molecule has 2 atom stereocenters. The lowest BCUT2D eigenvalue weighted by molar-refractivity contribution is -0.130. The molecular formula is C13H18N2O2. The largest absolute Gasteiger partial charge is 0.368 e. The Bertz CT molecular complexity index is 361. The number of rotatable bonds is 4. The lowest BCUT2D eigenvalue weighted by atomic mass is 10.1. The summed E-state index contributed by atoms with van der Waals surface area (Å²) in [5.41, 5.74) is 7.01. The molecule has 0 aliphatic carbocycles. The maximum absolute atomic E-state index is 11.7. The minimum atomic E-state index is -0.280. The smallest absolute Gasteiger partial charge is 0.249 e. The zero-order chi connectivity index (χ0) is 12.1. The van der Waals surface area contributed by atoms with E-state index in [1.54, 1.807) is 0 Å². The summed E-state index contributed by atoms with van der Waals surface area (Å²) in [6.45, 7) is 1.13. The molecule has 17 heavy (non-hydrogen) atoms. The van der Waals surface area contributed by atoms with Crippen molar-refractivity contribution in [3.8, 4) is 0 Å². The van der Waals surface area contributed by atoms with Crippen molar-refractivity contribution in [2.45, 2.75) is 25.0 Å². The number of benzene rings is 1. The van der Waals surface area contributed by atoms with Gasteiger partial charge >= 0.3 is 0 Å². The van der Waals surface area contributed by atoms with Crippen LogP contribution in [0.1, 0.15) is 24.4 Å². The number of carbonyl (C=O) groups excluding carboxylic acids is 1. The second-order valence-corrected chi connectivity index (χ2v) is 4.26. The average Bonchev–Trinajstić information content (AvgIpc) is 2.90. The molecule has 2 rings (SSSR count). The van der Waals surface area contributed by atoms with Crippen molar-refractivity contribution in [1.29, 1.82) is 0 Å². The van der Waals surface area contributed by atoms with E-state index in [-0.39, 0.29) is 18.1 Å². The van der Waals surface area contributed by atoms with E-state index in [9.17, 15) is 4.79 Å². The van der Waals surface area contributed by atoms with Gasteiger partial charge in [0.1, 0.15) is 6.10 Å². The molecule has 1 amide bonds. The molecule has 1 fully saturated rings. The van der Waals surface area contributed by atoms with E-state index in [1.807, 2.05) is 30.3 Å². The Morgan fingerprint density at radius 1 is 1.47 bits per heavy atom. The molecule has 2 unspecified atom stereocenters. The number of nitrogens with one attached hydrogen (secondary N) is 1. The normalized spacial score (nSPS) is 21.1. The Labute approximate surface area is 101 Å². The molecule has 4 nitrogen and oxygen atoms in total. The molecule has 1 saturated heterocycles. The summed E-state index contributed by atoms with van der Waals surface area (Å²) in [6, 6.07) is 9.59. The third kappa shape index (κ3) is 3.28. The first kappa shape index (κ1) is 12.1. The van der Waals surface area contributed by atoms with Gasteiger partial charge < -0.3 is 15.8 Å². The van der Waals surface area contributed by atoms with Crippen molar-refractivity contribution in [2.75, 3.05) is 13.2 Å². The van der Waals surface area contributed by atoms with Crippen LogP contribution in [-0.2, 0) is 9.53 Å². The highest BCUT2D eigenvalue weighted by atomic mass is 16.5. The van der Waals surface area contributed by atoms with E-state index >= 15 is 0 Å². The van der Waals surface area contributed by atoms with Gasteiger partial charge in [0.25, 0.3) is 0 Å². The van der Waals surface area contributed by atoms with E-state index < -0.39 is 0 Å². The Morgan fingerprint density at radius 3 is 2.88 bits per heavy atom. The van der Waals surface area contributed by atoms with Gasteiger partial charge in [0.2, 0.25) is 5.91 Å². The van der Waals surface area contributed by atoms with Gasteiger partial charge in [-0.25, -0.2) is 0 Å². The van der Waals surface area contributed by atoms with Crippen molar-refractivity contribution in [2.24, 2.45) is 5.73 Å². The molecule has 0 aromatic heterocycles. The molecule has 1 heterocycles. The third-order valence-corrected chi connectivity index (χ3v) is 2.95. The monoisotopic (exact) mass is 234 g/mol. The summed E-state index contributed by atoms with van der Waals surface area (Å²) >= 11 is 0. The molecule has 1 aliphatic rings. The second-order valence-electron chi connectivity index (χ2n) is 4.26. The van der Waals surface area contributed by atoms with E-state index in [0.29, 0.717) is 13.2 Å². The van der Waals surface area contributed by atoms with E-state index in [0.717, 1.165) is 18.4 Å². The molecule has 0 saturated carbocycles. The van der Waals surface area contributed by atoms with Gasteiger partial charge in [-0.2, -0.15) is 0 Å². The second kappa shape index (κ2) is 5.80. The minimum absolute atomic E-state index is 0.0473. The average molecular weight is 234 g/mol. The van der Waals surface area contributed by atoms with Crippen molar-refractivity contribution < 1.29 is 9.53 Å². The Kier molecular flexibility index (Phi) is 4.12. The van der Waals surface area contributed by atoms with Crippen LogP contribution in [0.2, 0.25) is 0 Å². The van der Waals surface area contributed by atoms with Gasteiger partial charge in [-0.15, -0.1) is 0 Å². The predicted octanol–water partition coefficient (Wildman–Crippen LogP) is 0.982. The fourth-order valence-electron chi connectivity index (χ4n) is 1.93. The Hall–Kier alpha value is -1.39. The number of ether oxygens (including phenoxy) is 1. The Balaban J connectivity index is 1.80. The first-order valence-electron chi connectivity index (χ1n) is 5.97. The molecule has 92 valence electrons. The zero-order valence-electron chi connectivity index (χ0n) is 9.76. The van der Waals surface area contributed by atoms with Gasteiger partial charge in [0.05, 0.1) is 0 Å². The molecule has 4 heteroatoms. The van der Waals surface area contributed by atoms with Crippen LogP contribution in [0.5, 0.6) is 0 Å². The van der Waals surface area contributed by atoms with E-state index in [4.69, 9.17) is 10.5 Å². The van der Waals surface area contributed by atoms with Crippen LogP contribution in [0.15, 0.2) is 30.3 Å². The van der Waals surface area contributed by atoms with Crippen LogP contribution in [0.25, 0.3) is 0 Å². The van der Waals surface area contributed by atoms with Crippen molar-refractivity contribution in [3.05, 3.63) is 35.9 Å². The third-order valence-electron chi connectivity index (χ3n) is 2.95. The summed E-state index contributed by atoms with van der Waals surface area (Å²) in [5, 5.41) is 2.83. The highest BCUT2D eigenvalue weighted by Gasteiger charge is 2.23. The first-order chi connectivity index (χ1) is 8.27. The fraction of sp³-hybridized carbons (Fsp3) is 0.462. The quantitative estimate of drug-likeness (QED) is 0.816. The maximum atomic E-state index is 11.7. The topological polar surface area (TPSA) is 64.3 Å². The van der Waals surface area contributed by atoms with Crippen LogP contribution in [0, 0.1) is 0 Å². The van der Waals surface area contributed by atoms with Gasteiger partial charge in [-0.3, -0.25) is 4.79 Å². The van der Waals surface area contributed by atoms with Crippen LogP contribution < -0.4 is 11.1 Å². The molecule has 1 aromatic carbocycles. The highest BCUT2D eigenvalue weighted by molar-refractivity contribution is 5.81. The molecule has 3 N–H and O–H groups in total. The Morgan fingerprint density at radius 2 is 2.24 bits per heavy atom. The summed E-state index contributed by atoms with van der Waals surface area (Å²) in [7, 11) is 0. The summed E-state index contributed by atoms with van der Waals surface area (Å²) in [5.74, 6) is -0.0473. The number of hydrogen-bond acceptors (Lipinski definition) is 3. The molecule has 0 spiro atoms. The number of hydrogen-bond donors (Lipinski definition) is 2. The number of nitrogens with two attached hydrogens (primary N) is 1. The van der Waals surface area contributed by atoms with Crippen molar-refractivity contribution in [1.82, 2.24) is 5.32 Å². The highest BCUT2D eigenvalue weighted by Crippen LogP contribution is 2.12.